The Hall–Kier alpha value is 0. The third-order valence-electron chi connectivity index (χ3n) is 8.39. The lowest BCUT2D eigenvalue weighted by Gasteiger charge is -2.62. The summed E-state index contributed by atoms with van der Waals surface area (Å²) in [4.78, 5) is 0. The second kappa shape index (κ2) is 4.75. The van der Waals surface area contributed by atoms with E-state index in [0.29, 0.717) is 10.8 Å². The van der Waals surface area contributed by atoms with Gasteiger partial charge >= 0.3 is 0 Å². The maximum absolute atomic E-state index is 2.65. The predicted octanol–water partition coefficient (Wildman–Crippen LogP) is 6.16. The fraction of sp³-hybridized carbons (Fsp3) is 1.00. The molecule has 0 nitrogen and oxygen atoms in total. The first-order valence-corrected chi connectivity index (χ1v) is 9.24. The molecule has 0 saturated heterocycles. The van der Waals surface area contributed by atoms with Crippen LogP contribution in [0, 0.1) is 46.3 Å². The highest BCUT2D eigenvalue weighted by Crippen LogP contribution is 2.65. The Balaban J connectivity index is 1.84. The van der Waals surface area contributed by atoms with Crippen molar-refractivity contribution in [1.82, 2.24) is 0 Å². The Bertz CT molecular complexity index is 336. The Morgan fingerprint density at radius 2 is 0.900 bits per heavy atom. The minimum Gasteiger partial charge on any atom is -0.0622 e. The second-order valence-electron chi connectivity index (χ2n) is 9.84. The molecular formula is C20H36. The van der Waals surface area contributed by atoms with E-state index in [-0.39, 0.29) is 0 Å². The summed E-state index contributed by atoms with van der Waals surface area (Å²) in [6.07, 6.45) is 9.06. The molecule has 3 fully saturated rings. The summed E-state index contributed by atoms with van der Waals surface area (Å²) in [7, 11) is 0. The first kappa shape index (κ1) is 14.9. The van der Waals surface area contributed by atoms with Gasteiger partial charge in [-0.05, 0) is 84.9 Å². The van der Waals surface area contributed by atoms with Crippen LogP contribution in [-0.4, -0.2) is 0 Å². The van der Waals surface area contributed by atoms with E-state index in [0.717, 1.165) is 35.5 Å². The molecule has 20 heavy (non-hydrogen) atoms. The summed E-state index contributed by atoms with van der Waals surface area (Å²) in [6.45, 7) is 15.3. The van der Waals surface area contributed by atoms with Crippen LogP contribution in [0.5, 0.6) is 0 Å². The van der Waals surface area contributed by atoms with E-state index in [1.165, 1.54) is 38.5 Å². The molecule has 116 valence electrons. The lowest BCUT2D eigenvalue weighted by atomic mass is 9.43. The molecule has 0 aliphatic heterocycles. The summed E-state index contributed by atoms with van der Waals surface area (Å²) >= 11 is 0. The van der Waals surface area contributed by atoms with Crippen LogP contribution in [0.4, 0.5) is 0 Å². The van der Waals surface area contributed by atoms with Crippen molar-refractivity contribution in [2.75, 3.05) is 0 Å². The standard InChI is InChI=1S/C20H36/c1-13-7-17-11-19(5)9-15(3)16(4)10-20(19,6)12-18(17)8-14(13)2/h13-18H,7-12H2,1-6H3. The molecule has 3 aliphatic rings. The van der Waals surface area contributed by atoms with Crippen molar-refractivity contribution in [2.24, 2.45) is 46.3 Å². The van der Waals surface area contributed by atoms with Crippen LogP contribution in [-0.2, 0) is 0 Å². The average Bonchev–Trinajstić information content (AvgIpc) is 2.32. The van der Waals surface area contributed by atoms with E-state index in [1.807, 2.05) is 0 Å². The van der Waals surface area contributed by atoms with Gasteiger partial charge in [-0.25, -0.2) is 0 Å². The summed E-state index contributed by atoms with van der Waals surface area (Å²) in [5, 5.41) is 0. The quantitative estimate of drug-likeness (QED) is 0.497. The second-order valence-corrected chi connectivity index (χ2v) is 9.84. The molecule has 0 aromatic heterocycles. The first-order valence-electron chi connectivity index (χ1n) is 9.24. The number of fused-ring (bicyclic) bond motifs is 2. The van der Waals surface area contributed by atoms with E-state index in [4.69, 9.17) is 0 Å². The largest absolute Gasteiger partial charge is 0.0622 e. The molecule has 0 radical (unpaired) electrons. The van der Waals surface area contributed by atoms with E-state index in [1.54, 1.807) is 0 Å². The molecule has 3 rings (SSSR count). The van der Waals surface area contributed by atoms with Gasteiger partial charge in [0.2, 0.25) is 0 Å². The van der Waals surface area contributed by atoms with Crippen LogP contribution in [0.2, 0.25) is 0 Å². The van der Waals surface area contributed by atoms with Crippen molar-refractivity contribution in [3.63, 3.8) is 0 Å². The molecule has 0 spiro atoms. The van der Waals surface area contributed by atoms with Gasteiger partial charge in [0.15, 0.2) is 0 Å². The van der Waals surface area contributed by atoms with E-state index in [2.05, 4.69) is 41.5 Å². The average molecular weight is 277 g/mol. The van der Waals surface area contributed by atoms with Crippen molar-refractivity contribution in [2.45, 2.75) is 80.1 Å². The zero-order chi connectivity index (χ0) is 14.7. The molecule has 0 heteroatoms. The number of hydrogen-bond acceptors (Lipinski definition) is 0. The van der Waals surface area contributed by atoms with Gasteiger partial charge in [-0.2, -0.15) is 0 Å². The number of hydrogen-bond donors (Lipinski definition) is 0. The molecule has 3 aliphatic carbocycles. The van der Waals surface area contributed by atoms with Crippen LogP contribution in [0.15, 0.2) is 0 Å². The Morgan fingerprint density at radius 1 is 0.550 bits per heavy atom. The van der Waals surface area contributed by atoms with Crippen molar-refractivity contribution in [3.8, 4) is 0 Å². The Morgan fingerprint density at radius 3 is 1.25 bits per heavy atom. The smallest absolute Gasteiger partial charge is 0.0266 e. The van der Waals surface area contributed by atoms with Crippen molar-refractivity contribution >= 4 is 0 Å². The summed E-state index contributed by atoms with van der Waals surface area (Å²) < 4.78 is 0. The van der Waals surface area contributed by atoms with Crippen molar-refractivity contribution in [1.29, 1.82) is 0 Å². The van der Waals surface area contributed by atoms with Crippen molar-refractivity contribution < 1.29 is 0 Å². The van der Waals surface area contributed by atoms with E-state index >= 15 is 0 Å². The Kier molecular flexibility index (Phi) is 3.54. The highest BCUT2D eigenvalue weighted by Gasteiger charge is 2.56. The third kappa shape index (κ3) is 2.17. The SMILES string of the molecule is CC1CC2CC3(C)CC(C)C(C)CC3(C)CC2CC1C. The van der Waals surface area contributed by atoms with Crippen LogP contribution >= 0.6 is 0 Å². The van der Waals surface area contributed by atoms with Gasteiger partial charge in [-0.15, -0.1) is 0 Å². The highest BCUT2D eigenvalue weighted by atomic mass is 14.6. The van der Waals surface area contributed by atoms with Gasteiger partial charge in [0.1, 0.15) is 0 Å². The molecule has 0 aromatic carbocycles. The van der Waals surface area contributed by atoms with Gasteiger partial charge in [-0.1, -0.05) is 41.5 Å². The van der Waals surface area contributed by atoms with Gasteiger partial charge in [0.05, 0.1) is 0 Å². The van der Waals surface area contributed by atoms with Gasteiger partial charge < -0.3 is 0 Å². The molecular weight excluding hydrogens is 240 g/mol. The molecule has 0 bridgehead atoms. The molecule has 0 aromatic rings. The summed E-state index contributed by atoms with van der Waals surface area (Å²) in [5.74, 6) is 5.88. The van der Waals surface area contributed by atoms with Gasteiger partial charge in [-0.3, -0.25) is 0 Å². The third-order valence-corrected chi connectivity index (χ3v) is 8.39. The lowest BCUT2D eigenvalue weighted by molar-refractivity contribution is -0.124. The van der Waals surface area contributed by atoms with E-state index < -0.39 is 0 Å². The zero-order valence-corrected chi connectivity index (χ0v) is 14.7. The summed E-state index contributed by atoms with van der Waals surface area (Å²) in [5.41, 5.74) is 1.25. The molecule has 0 heterocycles. The van der Waals surface area contributed by atoms with Crippen LogP contribution in [0.3, 0.4) is 0 Å². The molecule has 8 atom stereocenters. The molecule has 8 unspecified atom stereocenters. The molecule has 3 saturated carbocycles. The number of rotatable bonds is 0. The Labute approximate surface area is 127 Å². The fourth-order valence-electron chi connectivity index (χ4n) is 6.44. The highest BCUT2D eigenvalue weighted by molar-refractivity contribution is 5.06. The fourth-order valence-corrected chi connectivity index (χ4v) is 6.44. The maximum atomic E-state index is 2.65. The minimum atomic E-state index is 0.625. The predicted molar refractivity (Wildman–Crippen MR) is 87.6 cm³/mol. The monoisotopic (exact) mass is 276 g/mol. The topological polar surface area (TPSA) is 0 Å². The maximum Gasteiger partial charge on any atom is -0.0266 e. The minimum absolute atomic E-state index is 0.625. The van der Waals surface area contributed by atoms with Crippen LogP contribution < -0.4 is 0 Å². The zero-order valence-electron chi connectivity index (χ0n) is 14.7. The van der Waals surface area contributed by atoms with Crippen molar-refractivity contribution in [3.05, 3.63) is 0 Å². The molecule has 0 amide bonds. The van der Waals surface area contributed by atoms with E-state index in [9.17, 15) is 0 Å². The van der Waals surface area contributed by atoms with Crippen LogP contribution in [0.25, 0.3) is 0 Å². The summed E-state index contributed by atoms with van der Waals surface area (Å²) in [6, 6.07) is 0. The lowest BCUT2D eigenvalue weighted by Crippen LogP contribution is -2.53. The normalized spacial score (nSPS) is 59.7. The first-order chi connectivity index (χ1) is 9.24. The van der Waals surface area contributed by atoms with Crippen LogP contribution in [0.1, 0.15) is 80.1 Å². The van der Waals surface area contributed by atoms with Gasteiger partial charge in [0, 0.05) is 0 Å². The molecule has 0 N–H and O–H groups in total. The van der Waals surface area contributed by atoms with Gasteiger partial charge in [0.25, 0.3) is 0 Å².